The van der Waals surface area contributed by atoms with E-state index in [-0.39, 0.29) is 34.1 Å². The number of ketones is 1. The first-order chi connectivity index (χ1) is 13.8. The molecule has 1 heterocycles. The third-order valence-electron chi connectivity index (χ3n) is 4.65. The highest BCUT2D eigenvalue weighted by molar-refractivity contribution is 6.43. The predicted molar refractivity (Wildman–Crippen MR) is 112 cm³/mol. The molecule has 1 saturated heterocycles. The van der Waals surface area contributed by atoms with Crippen LogP contribution in [0.15, 0.2) is 30.3 Å². The summed E-state index contributed by atoms with van der Waals surface area (Å²) in [5, 5.41) is 0.849. The van der Waals surface area contributed by atoms with E-state index in [1.807, 2.05) is 4.90 Å². The molecule has 0 aliphatic carbocycles. The van der Waals surface area contributed by atoms with Crippen LogP contribution in [0.4, 0.5) is 10.1 Å². The second-order valence-electron chi connectivity index (χ2n) is 6.58. The van der Waals surface area contributed by atoms with Crippen LogP contribution in [-0.2, 0) is 4.79 Å². The maximum absolute atomic E-state index is 14.3. The number of carbonyl (C=O) groups excluding carboxylic acids is 2. The summed E-state index contributed by atoms with van der Waals surface area (Å²) < 4.78 is 19.8. The van der Waals surface area contributed by atoms with Gasteiger partial charge < -0.3 is 14.5 Å². The predicted octanol–water partition coefficient (Wildman–Crippen LogP) is 4.72. The average molecular weight is 460 g/mol. The van der Waals surface area contributed by atoms with E-state index in [1.165, 1.54) is 25.1 Å². The molecule has 9 heteroatoms. The molecule has 0 unspecified atom stereocenters. The van der Waals surface area contributed by atoms with Crippen molar-refractivity contribution >= 4 is 52.2 Å². The van der Waals surface area contributed by atoms with E-state index in [0.717, 1.165) is 0 Å². The Balaban J connectivity index is 1.56. The summed E-state index contributed by atoms with van der Waals surface area (Å²) in [5.41, 5.74) is 0.749. The normalized spacial score (nSPS) is 14.1. The second kappa shape index (κ2) is 9.20. The molecule has 154 valence electrons. The van der Waals surface area contributed by atoms with Crippen molar-refractivity contribution in [3.8, 4) is 5.75 Å². The topological polar surface area (TPSA) is 49.9 Å². The Hall–Kier alpha value is -2.02. The second-order valence-corrected chi connectivity index (χ2v) is 7.80. The van der Waals surface area contributed by atoms with Crippen molar-refractivity contribution in [1.82, 2.24) is 4.90 Å². The smallest absolute Gasteiger partial charge is 0.260 e. The molecule has 29 heavy (non-hydrogen) atoms. The summed E-state index contributed by atoms with van der Waals surface area (Å²) in [6, 6.07) is 7.36. The van der Waals surface area contributed by atoms with E-state index in [0.29, 0.717) is 42.5 Å². The number of carbonyl (C=O) groups is 2. The largest absolute Gasteiger partial charge is 0.482 e. The van der Waals surface area contributed by atoms with Crippen LogP contribution in [0.1, 0.15) is 17.3 Å². The van der Waals surface area contributed by atoms with E-state index < -0.39 is 5.82 Å². The lowest BCUT2D eigenvalue weighted by Gasteiger charge is -2.36. The number of Topliss-reactive ketones (excluding diaryl/α,β-unsaturated/α-hetero) is 1. The first-order valence-corrected chi connectivity index (χ1v) is 10.00. The van der Waals surface area contributed by atoms with Crippen LogP contribution in [0.2, 0.25) is 15.1 Å². The van der Waals surface area contributed by atoms with Crippen LogP contribution in [-0.4, -0.2) is 49.4 Å². The van der Waals surface area contributed by atoms with Crippen molar-refractivity contribution in [2.45, 2.75) is 6.92 Å². The Labute approximate surface area is 182 Å². The number of ether oxygens (including phenoxy) is 1. The van der Waals surface area contributed by atoms with Crippen LogP contribution in [0.3, 0.4) is 0 Å². The molecule has 2 aromatic rings. The van der Waals surface area contributed by atoms with Gasteiger partial charge in [0.05, 0.1) is 20.8 Å². The molecule has 0 radical (unpaired) electrons. The van der Waals surface area contributed by atoms with Crippen molar-refractivity contribution in [2.75, 3.05) is 37.7 Å². The molecular formula is C20H18Cl3FN2O3. The molecule has 0 saturated carbocycles. The summed E-state index contributed by atoms with van der Waals surface area (Å²) >= 11 is 17.9. The maximum Gasteiger partial charge on any atom is 0.260 e. The number of piperazine rings is 1. The van der Waals surface area contributed by atoms with Gasteiger partial charge in [-0.05, 0) is 31.2 Å². The molecular weight excluding hydrogens is 442 g/mol. The van der Waals surface area contributed by atoms with Crippen LogP contribution in [0.25, 0.3) is 0 Å². The van der Waals surface area contributed by atoms with Gasteiger partial charge in [-0.25, -0.2) is 4.39 Å². The zero-order valence-corrected chi connectivity index (χ0v) is 17.8. The van der Waals surface area contributed by atoms with Gasteiger partial charge in [0.2, 0.25) is 0 Å². The van der Waals surface area contributed by atoms with Gasteiger partial charge in [-0.2, -0.15) is 0 Å². The van der Waals surface area contributed by atoms with E-state index >= 15 is 0 Å². The first-order valence-electron chi connectivity index (χ1n) is 8.87. The van der Waals surface area contributed by atoms with E-state index in [9.17, 15) is 14.0 Å². The highest BCUT2D eigenvalue weighted by atomic mass is 35.5. The fraction of sp³-hybridized carbons (Fsp3) is 0.300. The van der Waals surface area contributed by atoms with Crippen molar-refractivity contribution in [1.29, 1.82) is 0 Å². The van der Waals surface area contributed by atoms with Crippen molar-refractivity contribution < 1.29 is 18.7 Å². The number of hydrogen-bond donors (Lipinski definition) is 0. The Kier molecular flexibility index (Phi) is 6.88. The third kappa shape index (κ3) is 5.13. The number of benzene rings is 2. The molecule has 1 aliphatic heterocycles. The molecule has 0 bridgehead atoms. The standard InChI is InChI=1S/C20H18Cl3FN2O3/c1-12(27)13-2-3-18(17(24)8-13)25-4-6-26(7-5-25)20(28)11-29-19-10-15(22)14(21)9-16(19)23/h2-3,8-10H,4-7,11H2,1H3. The Morgan fingerprint density at radius 2 is 1.66 bits per heavy atom. The van der Waals surface area contributed by atoms with Gasteiger partial charge in [-0.1, -0.05) is 34.8 Å². The Morgan fingerprint density at radius 3 is 2.28 bits per heavy atom. The summed E-state index contributed by atoms with van der Waals surface area (Å²) in [7, 11) is 0. The minimum absolute atomic E-state index is 0.187. The van der Waals surface area contributed by atoms with Gasteiger partial charge in [-0.3, -0.25) is 9.59 Å². The molecule has 3 rings (SSSR count). The quantitative estimate of drug-likeness (QED) is 0.480. The molecule has 0 atom stereocenters. The Morgan fingerprint density at radius 1 is 1.00 bits per heavy atom. The number of nitrogens with zero attached hydrogens (tertiary/aromatic N) is 2. The summed E-state index contributed by atoms with van der Waals surface area (Å²) in [4.78, 5) is 27.3. The van der Waals surface area contributed by atoms with Gasteiger partial charge in [0, 0.05) is 37.8 Å². The number of halogens is 4. The minimum Gasteiger partial charge on any atom is -0.482 e. The highest BCUT2D eigenvalue weighted by Gasteiger charge is 2.23. The molecule has 5 nitrogen and oxygen atoms in total. The fourth-order valence-electron chi connectivity index (χ4n) is 3.02. The summed E-state index contributed by atoms with van der Waals surface area (Å²) in [5.74, 6) is -0.567. The van der Waals surface area contributed by atoms with Gasteiger partial charge in [-0.15, -0.1) is 0 Å². The van der Waals surface area contributed by atoms with Crippen LogP contribution >= 0.6 is 34.8 Å². The number of rotatable bonds is 5. The van der Waals surface area contributed by atoms with Gasteiger partial charge in [0.25, 0.3) is 5.91 Å². The van der Waals surface area contributed by atoms with Crippen molar-refractivity contribution in [3.63, 3.8) is 0 Å². The third-order valence-corrected chi connectivity index (χ3v) is 5.67. The van der Waals surface area contributed by atoms with Crippen LogP contribution in [0, 0.1) is 5.82 Å². The number of amides is 1. The lowest BCUT2D eigenvalue weighted by Crippen LogP contribution is -2.50. The molecule has 1 amide bonds. The fourth-order valence-corrected chi connectivity index (χ4v) is 3.62. The molecule has 0 spiro atoms. The molecule has 0 N–H and O–H groups in total. The maximum atomic E-state index is 14.3. The lowest BCUT2D eigenvalue weighted by molar-refractivity contribution is -0.133. The highest BCUT2D eigenvalue weighted by Crippen LogP contribution is 2.33. The monoisotopic (exact) mass is 458 g/mol. The minimum atomic E-state index is -0.449. The molecule has 2 aromatic carbocycles. The molecule has 0 aromatic heterocycles. The van der Waals surface area contributed by atoms with Gasteiger partial charge in [0.1, 0.15) is 11.6 Å². The van der Waals surface area contributed by atoms with Crippen LogP contribution < -0.4 is 9.64 Å². The zero-order chi connectivity index (χ0) is 21.1. The number of anilines is 1. The van der Waals surface area contributed by atoms with Gasteiger partial charge in [0.15, 0.2) is 12.4 Å². The molecule has 1 fully saturated rings. The zero-order valence-electron chi connectivity index (χ0n) is 15.6. The van der Waals surface area contributed by atoms with E-state index in [4.69, 9.17) is 39.5 Å². The van der Waals surface area contributed by atoms with E-state index in [1.54, 1.807) is 17.0 Å². The number of hydrogen-bond acceptors (Lipinski definition) is 4. The average Bonchev–Trinajstić information content (AvgIpc) is 2.69. The summed E-state index contributed by atoms with van der Waals surface area (Å²) in [6.45, 7) is 2.98. The Bertz CT molecular complexity index is 947. The van der Waals surface area contributed by atoms with Crippen molar-refractivity contribution in [3.05, 3.63) is 56.8 Å². The first kappa shape index (κ1) is 21.7. The summed E-state index contributed by atoms with van der Waals surface area (Å²) in [6.07, 6.45) is 0. The van der Waals surface area contributed by atoms with Crippen LogP contribution in [0.5, 0.6) is 5.75 Å². The van der Waals surface area contributed by atoms with Crippen molar-refractivity contribution in [2.24, 2.45) is 0 Å². The SMILES string of the molecule is CC(=O)c1ccc(N2CCN(C(=O)COc3cc(Cl)c(Cl)cc3Cl)CC2)c(F)c1. The molecule has 1 aliphatic rings. The van der Waals surface area contributed by atoms with E-state index in [2.05, 4.69) is 0 Å². The lowest BCUT2D eigenvalue weighted by atomic mass is 10.1. The van der Waals surface area contributed by atoms with Gasteiger partial charge >= 0.3 is 0 Å².